The van der Waals surface area contributed by atoms with Gasteiger partial charge in [0.1, 0.15) is 6.54 Å². The monoisotopic (exact) mass is 284 g/mol. The number of nitrogen functional groups attached to an aromatic ring is 1. The van der Waals surface area contributed by atoms with Gasteiger partial charge in [0.25, 0.3) is 0 Å². The van der Waals surface area contributed by atoms with Crippen molar-refractivity contribution in [1.29, 1.82) is 0 Å². The molecule has 0 saturated heterocycles. The van der Waals surface area contributed by atoms with Crippen molar-refractivity contribution < 1.29 is 4.79 Å². The highest BCUT2D eigenvalue weighted by Crippen LogP contribution is 2.29. The van der Waals surface area contributed by atoms with Crippen LogP contribution in [0.5, 0.6) is 0 Å². The SMILES string of the molecule is Nc1cnn(CC(=O)Nc2c(Cl)cccc2Cl)c1. The lowest BCUT2D eigenvalue weighted by Crippen LogP contribution is -2.19. The number of nitrogens with zero attached hydrogens (tertiary/aromatic N) is 2. The highest BCUT2D eigenvalue weighted by molar-refractivity contribution is 6.39. The predicted octanol–water partition coefficient (Wildman–Crippen LogP) is 2.41. The average molecular weight is 285 g/mol. The predicted molar refractivity (Wildman–Crippen MR) is 71.7 cm³/mol. The molecule has 2 rings (SSSR count). The molecule has 0 saturated carbocycles. The zero-order chi connectivity index (χ0) is 13.1. The second-order valence-corrected chi connectivity index (χ2v) is 4.43. The summed E-state index contributed by atoms with van der Waals surface area (Å²) in [4.78, 5) is 11.8. The molecule has 0 unspecified atom stereocenters. The van der Waals surface area contributed by atoms with Crippen LogP contribution in [0.3, 0.4) is 0 Å². The van der Waals surface area contributed by atoms with Crippen molar-refractivity contribution in [2.24, 2.45) is 0 Å². The van der Waals surface area contributed by atoms with Gasteiger partial charge in [0.05, 0.1) is 27.6 Å². The molecule has 1 heterocycles. The number of para-hydroxylation sites is 1. The van der Waals surface area contributed by atoms with E-state index in [1.807, 2.05) is 0 Å². The molecule has 0 atom stereocenters. The van der Waals surface area contributed by atoms with E-state index >= 15 is 0 Å². The van der Waals surface area contributed by atoms with E-state index in [0.29, 0.717) is 21.4 Å². The van der Waals surface area contributed by atoms with Crippen molar-refractivity contribution >= 4 is 40.5 Å². The molecule has 0 radical (unpaired) electrons. The zero-order valence-corrected chi connectivity index (χ0v) is 10.7. The van der Waals surface area contributed by atoms with Crippen LogP contribution in [0.1, 0.15) is 0 Å². The fraction of sp³-hybridized carbons (Fsp3) is 0.0909. The van der Waals surface area contributed by atoms with Gasteiger partial charge in [-0.2, -0.15) is 5.10 Å². The van der Waals surface area contributed by atoms with Crippen LogP contribution in [0, 0.1) is 0 Å². The largest absolute Gasteiger partial charge is 0.396 e. The minimum atomic E-state index is -0.284. The van der Waals surface area contributed by atoms with E-state index < -0.39 is 0 Å². The third kappa shape index (κ3) is 2.94. The highest BCUT2D eigenvalue weighted by Gasteiger charge is 2.10. The summed E-state index contributed by atoms with van der Waals surface area (Å²) in [6.07, 6.45) is 3.03. The van der Waals surface area contributed by atoms with E-state index in [-0.39, 0.29) is 12.5 Å². The molecule has 0 aliphatic carbocycles. The number of carbonyl (C=O) groups excluding carboxylic acids is 1. The molecule has 7 heteroatoms. The van der Waals surface area contributed by atoms with Crippen LogP contribution in [-0.2, 0) is 11.3 Å². The van der Waals surface area contributed by atoms with Crippen LogP contribution in [-0.4, -0.2) is 15.7 Å². The molecule has 3 N–H and O–H groups in total. The second-order valence-electron chi connectivity index (χ2n) is 3.62. The Labute approximate surface area is 113 Å². The van der Waals surface area contributed by atoms with Crippen LogP contribution in [0.25, 0.3) is 0 Å². The molecular weight excluding hydrogens is 275 g/mol. The second kappa shape index (κ2) is 5.29. The van der Waals surface area contributed by atoms with Crippen LogP contribution in [0.15, 0.2) is 30.6 Å². The van der Waals surface area contributed by atoms with E-state index in [9.17, 15) is 4.79 Å². The Bertz CT molecular complexity index is 562. The number of aromatic nitrogens is 2. The number of hydrogen-bond donors (Lipinski definition) is 2. The summed E-state index contributed by atoms with van der Waals surface area (Å²) in [7, 11) is 0. The molecule has 1 aromatic carbocycles. The summed E-state index contributed by atoms with van der Waals surface area (Å²) in [5.41, 5.74) is 6.39. The van der Waals surface area contributed by atoms with Gasteiger partial charge in [0.15, 0.2) is 0 Å². The Hall–Kier alpha value is -1.72. The average Bonchev–Trinajstić information content (AvgIpc) is 2.69. The first-order chi connectivity index (χ1) is 8.56. The minimum absolute atomic E-state index is 0.0404. The van der Waals surface area contributed by atoms with Gasteiger partial charge >= 0.3 is 0 Å². The molecule has 1 aromatic heterocycles. The summed E-state index contributed by atoms with van der Waals surface area (Å²) >= 11 is 11.9. The van der Waals surface area contributed by atoms with E-state index in [0.717, 1.165) is 0 Å². The van der Waals surface area contributed by atoms with Crippen LogP contribution in [0.2, 0.25) is 10.0 Å². The van der Waals surface area contributed by atoms with E-state index in [2.05, 4.69) is 10.4 Å². The van der Waals surface area contributed by atoms with Crippen LogP contribution < -0.4 is 11.1 Å². The molecule has 0 spiro atoms. The quantitative estimate of drug-likeness (QED) is 0.909. The van der Waals surface area contributed by atoms with Gasteiger partial charge in [-0.15, -0.1) is 0 Å². The number of rotatable bonds is 3. The Kier molecular flexibility index (Phi) is 3.74. The van der Waals surface area contributed by atoms with Crippen molar-refractivity contribution in [3.63, 3.8) is 0 Å². The number of amides is 1. The van der Waals surface area contributed by atoms with Crippen LogP contribution >= 0.6 is 23.2 Å². The lowest BCUT2D eigenvalue weighted by atomic mass is 10.3. The van der Waals surface area contributed by atoms with Crippen molar-refractivity contribution in [2.45, 2.75) is 6.54 Å². The molecule has 0 fully saturated rings. The van der Waals surface area contributed by atoms with Gasteiger partial charge in [0.2, 0.25) is 5.91 Å². The summed E-state index contributed by atoms with van der Waals surface area (Å²) < 4.78 is 1.43. The Morgan fingerprint density at radius 2 is 2.06 bits per heavy atom. The maximum absolute atomic E-state index is 11.8. The van der Waals surface area contributed by atoms with Gasteiger partial charge in [0, 0.05) is 6.20 Å². The summed E-state index contributed by atoms with van der Waals surface area (Å²) in [6.45, 7) is 0.0404. The Morgan fingerprint density at radius 1 is 1.39 bits per heavy atom. The molecule has 94 valence electrons. The summed E-state index contributed by atoms with van der Waals surface area (Å²) in [6, 6.07) is 5.00. The van der Waals surface area contributed by atoms with Gasteiger partial charge in [-0.25, -0.2) is 0 Å². The van der Waals surface area contributed by atoms with Crippen molar-refractivity contribution in [3.8, 4) is 0 Å². The molecule has 2 aromatic rings. The topological polar surface area (TPSA) is 72.9 Å². The molecular formula is C11H10Cl2N4O. The molecule has 18 heavy (non-hydrogen) atoms. The molecule has 0 aliphatic rings. The summed E-state index contributed by atoms with van der Waals surface area (Å²) in [5.74, 6) is -0.284. The maximum atomic E-state index is 11.8. The molecule has 0 aliphatic heterocycles. The third-order valence-corrected chi connectivity index (χ3v) is 2.82. The van der Waals surface area contributed by atoms with E-state index in [4.69, 9.17) is 28.9 Å². The molecule has 5 nitrogen and oxygen atoms in total. The number of nitrogens with two attached hydrogens (primary N) is 1. The Morgan fingerprint density at radius 3 is 2.61 bits per heavy atom. The van der Waals surface area contributed by atoms with Gasteiger partial charge in [-0.05, 0) is 12.1 Å². The number of anilines is 2. The van der Waals surface area contributed by atoms with Gasteiger partial charge < -0.3 is 11.1 Å². The van der Waals surface area contributed by atoms with Crippen molar-refractivity contribution in [2.75, 3.05) is 11.1 Å². The van der Waals surface area contributed by atoms with Gasteiger partial charge in [-0.3, -0.25) is 9.48 Å². The highest BCUT2D eigenvalue weighted by atomic mass is 35.5. The first kappa shape index (κ1) is 12.7. The summed E-state index contributed by atoms with van der Waals surface area (Å²) in [5, 5.41) is 7.31. The first-order valence-electron chi connectivity index (χ1n) is 5.08. The standard InChI is InChI=1S/C11H10Cl2N4O/c12-8-2-1-3-9(13)11(8)16-10(18)6-17-5-7(14)4-15-17/h1-5H,6,14H2,(H,16,18). The lowest BCUT2D eigenvalue weighted by molar-refractivity contribution is -0.116. The first-order valence-corrected chi connectivity index (χ1v) is 5.83. The third-order valence-electron chi connectivity index (χ3n) is 2.19. The van der Waals surface area contributed by atoms with Crippen molar-refractivity contribution in [3.05, 3.63) is 40.6 Å². The normalized spacial score (nSPS) is 10.3. The number of hydrogen-bond acceptors (Lipinski definition) is 3. The van der Waals surface area contributed by atoms with E-state index in [1.54, 1.807) is 24.4 Å². The number of nitrogens with one attached hydrogen (secondary N) is 1. The fourth-order valence-corrected chi connectivity index (χ4v) is 1.90. The molecule has 0 bridgehead atoms. The van der Waals surface area contributed by atoms with Crippen LogP contribution in [0.4, 0.5) is 11.4 Å². The van der Waals surface area contributed by atoms with Crippen molar-refractivity contribution in [1.82, 2.24) is 9.78 Å². The zero-order valence-electron chi connectivity index (χ0n) is 9.23. The molecule has 1 amide bonds. The lowest BCUT2D eigenvalue weighted by Gasteiger charge is -2.08. The van der Waals surface area contributed by atoms with Gasteiger partial charge in [-0.1, -0.05) is 29.3 Å². The maximum Gasteiger partial charge on any atom is 0.246 e. The number of benzene rings is 1. The van der Waals surface area contributed by atoms with E-state index in [1.165, 1.54) is 10.9 Å². The Balaban J connectivity index is 2.08. The smallest absolute Gasteiger partial charge is 0.246 e. The number of halogens is 2. The number of carbonyl (C=O) groups is 1. The fourth-order valence-electron chi connectivity index (χ4n) is 1.41. The minimum Gasteiger partial charge on any atom is -0.396 e.